The first-order chi connectivity index (χ1) is 48.3. The molecule has 3 N–H and O–H groups in total. The molecule has 0 radical (unpaired) electrons. The maximum atomic E-state index is 15.5. The quantitative estimate of drug-likeness (QED) is 0.121. The number of fused-ring (bicyclic) bond motifs is 18. The normalized spacial score (nSPS) is 17.4. The Kier molecular flexibility index (Phi) is 20.3. The maximum absolute atomic E-state index is 15.5. The van der Waals surface area contributed by atoms with Crippen LogP contribution in [0.25, 0.3) is 44.5 Å². The van der Waals surface area contributed by atoms with Gasteiger partial charge in [0.05, 0.1) is 42.6 Å². The molecule has 0 atom stereocenters. The minimum atomic E-state index is -4.91. The summed E-state index contributed by atoms with van der Waals surface area (Å²) in [4.78, 5) is 59.1. The molecule has 0 aliphatic carbocycles. The highest BCUT2D eigenvalue weighted by atomic mass is 32.2. The lowest BCUT2D eigenvalue weighted by atomic mass is 9.84. The summed E-state index contributed by atoms with van der Waals surface area (Å²) in [5.74, 6) is -1.93. The number of sulfonamides is 3. The zero-order valence-electron chi connectivity index (χ0n) is 59.1. The minimum Gasteiger partial charge on any atom is -0.478 e. The Hall–Kier alpha value is -9.64. The molecule has 6 aromatic heterocycles. The van der Waals surface area contributed by atoms with Crippen LogP contribution in [-0.2, 0) is 94.3 Å². The fraction of sp³-hybridized carbons (Fsp3) is 0.392. The highest BCUT2D eigenvalue weighted by molar-refractivity contribution is 7.90. The first-order valence-corrected chi connectivity index (χ1v) is 38.6. The van der Waals surface area contributed by atoms with E-state index in [-0.39, 0.29) is 76.9 Å². The molecule has 536 valence electrons. The average molecular weight is 1440 g/mol. The molecule has 3 aromatic carbocycles. The van der Waals surface area contributed by atoms with E-state index in [0.29, 0.717) is 95.0 Å². The van der Waals surface area contributed by atoms with Gasteiger partial charge in [0.25, 0.3) is 30.1 Å². The Morgan fingerprint density at radius 2 is 1.11 bits per heavy atom. The number of amides is 3. The maximum Gasteiger partial charge on any atom is 0.284 e. The lowest BCUT2D eigenvalue weighted by Gasteiger charge is -2.26. The van der Waals surface area contributed by atoms with E-state index in [4.69, 9.17) is 24.3 Å². The summed E-state index contributed by atoms with van der Waals surface area (Å²) in [6.45, 7) is 20.4. The van der Waals surface area contributed by atoms with Gasteiger partial charge < -0.3 is 19.1 Å². The monoisotopic (exact) mass is 1440 g/mol. The van der Waals surface area contributed by atoms with Gasteiger partial charge in [-0.3, -0.25) is 28.4 Å². The molecule has 0 saturated heterocycles. The van der Waals surface area contributed by atoms with Crippen LogP contribution < -0.4 is 28.4 Å². The second kappa shape index (κ2) is 28.6. The third-order valence-electron chi connectivity index (χ3n) is 18.7. The number of aromatic nitrogens is 9. The van der Waals surface area contributed by atoms with Crippen molar-refractivity contribution in [1.29, 1.82) is 0 Å². The number of carbonyl (C=O) groups excluding carboxylic acids is 3. The van der Waals surface area contributed by atoms with Crippen LogP contribution in [0.5, 0.6) is 17.6 Å². The van der Waals surface area contributed by atoms with Crippen molar-refractivity contribution in [2.75, 3.05) is 33.4 Å². The Labute approximate surface area is 595 Å². The number of ether oxygens (including phenoxy) is 3. The molecule has 0 fully saturated rings. The second-order valence-electron chi connectivity index (χ2n) is 28.5. The lowest BCUT2D eigenvalue weighted by molar-refractivity contribution is -0.119. The van der Waals surface area contributed by atoms with Crippen LogP contribution in [0.3, 0.4) is 0 Å². The average Bonchev–Trinajstić information content (AvgIpc) is 1.48. The molecule has 12 rings (SSSR count). The number of rotatable bonds is 9. The van der Waals surface area contributed by atoms with Crippen molar-refractivity contribution >= 4 is 47.8 Å². The number of likely N-dealkylation sites (N-methyl/N-ethyl adjacent to an activating group) is 1. The summed E-state index contributed by atoms with van der Waals surface area (Å²) in [7, 11) is -11.9. The summed E-state index contributed by atoms with van der Waals surface area (Å²) < 4.78 is 118. The van der Waals surface area contributed by atoms with Crippen LogP contribution >= 0.6 is 0 Å². The number of hydrogen-bond acceptors (Lipinski definition) is 19. The number of nitrogens with zero attached hydrogens (tertiary/aromatic N) is 10. The molecule has 25 nitrogen and oxygen atoms in total. The van der Waals surface area contributed by atoms with E-state index in [9.17, 15) is 26.4 Å². The summed E-state index contributed by atoms with van der Waals surface area (Å²) >= 11 is 0. The molecule has 102 heavy (non-hydrogen) atoms. The van der Waals surface area contributed by atoms with Crippen LogP contribution in [0.15, 0.2) is 137 Å². The smallest absolute Gasteiger partial charge is 0.284 e. The third kappa shape index (κ3) is 15.4. The predicted molar refractivity (Wildman–Crippen MR) is 383 cm³/mol. The van der Waals surface area contributed by atoms with Gasteiger partial charge in [-0.15, -0.1) is 0 Å². The summed E-state index contributed by atoms with van der Waals surface area (Å²) in [5, 5.41) is 12.6. The van der Waals surface area contributed by atoms with Crippen LogP contribution in [0.1, 0.15) is 151 Å². The van der Waals surface area contributed by atoms with Crippen LogP contribution in [0.2, 0.25) is 0 Å². The van der Waals surface area contributed by atoms with Gasteiger partial charge in [-0.1, -0.05) is 90.1 Å². The number of carbonyl (C=O) groups is 3. The van der Waals surface area contributed by atoms with Crippen LogP contribution in [-0.4, -0.2) is 126 Å². The standard InChI is InChI=1S/C74H85N13O12S3/c1-45(2)52-17-15-19-55-49-23-27-75-66(33-49)97-32-14-12-13-29-85-51(35-70(78-85)101(93,94)82-63(88)36-57(52)55)41-84(11)30-25-48-21-22-54(47(5)6)60-38-65(90)83-102(95,96)72-62(42-87(80-72)74(9,10)44-98-67-34-50(71(48)60)24-28-76-67)61-40-77-68-39-59(61)56-20-16-18-53(46(3)4)58(56)37-64(89)81-100(91,92)69-26-31-86(79-69)73(7,8)43-99-68/h15-24,26-28,31,33-35,39-40,42,45-47H,12-14,25,29-30,32,36-38,41,43-44H2,1-11H3,(H,81,89)(H,82,88)(H,83,90). The fourth-order valence-corrected chi connectivity index (χ4v) is 16.4. The zero-order chi connectivity index (χ0) is 72.8. The van der Waals surface area contributed by atoms with Crippen molar-refractivity contribution in [3.63, 3.8) is 0 Å². The highest BCUT2D eigenvalue weighted by Gasteiger charge is 2.36. The number of pyridine rings is 3. The van der Waals surface area contributed by atoms with E-state index < -0.39 is 76.7 Å². The molecule has 3 aliphatic heterocycles. The van der Waals surface area contributed by atoms with Gasteiger partial charge in [0.15, 0.2) is 10.1 Å². The van der Waals surface area contributed by atoms with Crippen molar-refractivity contribution in [1.82, 2.24) is 63.4 Å². The number of aryl methyl sites for hydroxylation is 1. The second-order valence-corrected chi connectivity index (χ2v) is 33.4. The largest absolute Gasteiger partial charge is 0.478 e. The molecule has 3 amide bonds. The van der Waals surface area contributed by atoms with Crippen molar-refractivity contribution in [2.45, 2.75) is 171 Å². The van der Waals surface area contributed by atoms with Crippen LogP contribution in [0, 0.1) is 0 Å². The summed E-state index contributed by atoms with van der Waals surface area (Å²) in [6.07, 6.45) is 9.20. The van der Waals surface area contributed by atoms with Gasteiger partial charge in [-0.2, -0.15) is 40.5 Å². The van der Waals surface area contributed by atoms with E-state index >= 15 is 13.2 Å². The molecule has 0 saturated carbocycles. The van der Waals surface area contributed by atoms with Crippen molar-refractivity contribution in [3.8, 4) is 62.1 Å². The van der Waals surface area contributed by atoms with Gasteiger partial charge in [0.1, 0.15) is 13.2 Å². The van der Waals surface area contributed by atoms with Crippen LogP contribution in [0.4, 0.5) is 0 Å². The fourth-order valence-electron chi connectivity index (χ4n) is 13.4. The molecular formula is C74H85N13O12S3. The highest BCUT2D eigenvalue weighted by Crippen LogP contribution is 2.43. The van der Waals surface area contributed by atoms with E-state index in [1.54, 1.807) is 61.4 Å². The topological polar surface area (TPSA) is 313 Å². The number of hydrogen-bond donors (Lipinski definition) is 3. The minimum absolute atomic E-state index is 0.0202. The van der Waals surface area contributed by atoms with Gasteiger partial charge in [0.2, 0.25) is 40.4 Å². The third-order valence-corrected chi connectivity index (χ3v) is 22.6. The molecule has 9 aromatic rings. The SMILES string of the molecule is CC(C)c1cccc2c1CC(=O)NS(=O)(=O)c1cc(CN(C)CCc3ccc(C(C)C)c4c3-c3ccnc(c3)OCC(C)(C)n3cc(-c5cnc6cc5-c5cccc(C(C)C)c5CC(=O)NS(=O)(=O)c5ccn(n5)C(C)(C)CO6)c(n3)S(=O)(=O)NC(=O)C4)n(n1)CCCCCOc1cc-2ccn1. The van der Waals surface area contributed by atoms with Gasteiger partial charge in [-0.25, -0.2) is 29.1 Å². The Morgan fingerprint density at radius 3 is 1.77 bits per heavy atom. The predicted octanol–water partition coefficient (Wildman–Crippen LogP) is 10.1. The summed E-state index contributed by atoms with van der Waals surface area (Å²) in [5.41, 5.74) is 7.40. The Balaban J connectivity index is 0.874. The lowest BCUT2D eigenvalue weighted by Crippen LogP contribution is -2.35. The molecule has 12 bridgehead atoms. The summed E-state index contributed by atoms with van der Waals surface area (Å²) in [6, 6.07) is 26.9. The first kappa shape index (κ1) is 72.2. The molecule has 0 unspecified atom stereocenters. The molecule has 0 spiro atoms. The number of nitrogens with one attached hydrogen (secondary N) is 3. The Morgan fingerprint density at radius 1 is 0.539 bits per heavy atom. The van der Waals surface area contributed by atoms with Crippen molar-refractivity contribution in [3.05, 3.63) is 167 Å². The molecule has 3 aliphatic rings. The zero-order valence-corrected chi connectivity index (χ0v) is 61.5. The first-order valence-electron chi connectivity index (χ1n) is 34.1. The molecule has 28 heteroatoms. The van der Waals surface area contributed by atoms with E-state index in [1.165, 1.54) is 33.9 Å². The van der Waals surface area contributed by atoms with Gasteiger partial charge >= 0.3 is 0 Å². The molecule has 9 heterocycles. The van der Waals surface area contributed by atoms with E-state index in [0.717, 1.165) is 34.2 Å². The van der Waals surface area contributed by atoms with Crippen molar-refractivity contribution in [2.24, 2.45) is 0 Å². The Bertz CT molecular complexity index is 5100. The van der Waals surface area contributed by atoms with Gasteiger partial charge in [-0.05, 0) is 169 Å². The van der Waals surface area contributed by atoms with E-state index in [2.05, 4.69) is 34.3 Å². The number of benzene rings is 3. The van der Waals surface area contributed by atoms with Crippen molar-refractivity contribution < 1.29 is 53.8 Å². The molecular weight excluding hydrogens is 1360 g/mol. The van der Waals surface area contributed by atoms with Gasteiger partial charge in [0, 0.05) is 86.0 Å². The van der Waals surface area contributed by atoms with E-state index in [1.807, 2.05) is 122 Å².